The summed E-state index contributed by atoms with van der Waals surface area (Å²) in [6, 6.07) is 10.3. The van der Waals surface area contributed by atoms with Crippen molar-refractivity contribution in [1.82, 2.24) is 0 Å². The Hall–Kier alpha value is -2.36. The van der Waals surface area contributed by atoms with Gasteiger partial charge < -0.3 is 19.5 Å². The van der Waals surface area contributed by atoms with E-state index in [-0.39, 0.29) is 0 Å². The second kappa shape index (κ2) is 7.07. The van der Waals surface area contributed by atoms with Gasteiger partial charge in [-0.05, 0) is 54.8 Å². The lowest BCUT2D eigenvalue weighted by atomic mass is 10.1. The molecule has 22 heavy (non-hydrogen) atoms. The third kappa shape index (κ3) is 3.64. The summed E-state index contributed by atoms with van der Waals surface area (Å²) >= 11 is 0. The van der Waals surface area contributed by atoms with E-state index in [1.165, 1.54) is 11.1 Å². The van der Waals surface area contributed by atoms with Gasteiger partial charge in [-0.1, -0.05) is 6.07 Å². The molecule has 0 radical (unpaired) electrons. The van der Waals surface area contributed by atoms with E-state index >= 15 is 0 Å². The molecule has 4 heteroatoms. The lowest BCUT2D eigenvalue weighted by Crippen LogP contribution is -2.02. The van der Waals surface area contributed by atoms with Crippen molar-refractivity contribution in [1.29, 1.82) is 0 Å². The van der Waals surface area contributed by atoms with Crippen LogP contribution in [0, 0.1) is 13.8 Å². The van der Waals surface area contributed by atoms with Crippen LogP contribution in [0.15, 0.2) is 30.3 Å². The first-order valence-electron chi connectivity index (χ1n) is 7.18. The van der Waals surface area contributed by atoms with Gasteiger partial charge in [0.1, 0.15) is 0 Å². The molecule has 0 atom stereocenters. The van der Waals surface area contributed by atoms with Crippen LogP contribution >= 0.6 is 0 Å². The largest absolute Gasteiger partial charge is 0.493 e. The third-order valence-electron chi connectivity index (χ3n) is 3.44. The molecule has 1 N–H and O–H groups in total. The normalized spacial score (nSPS) is 10.2. The summed E-state index contributed by atoms with van der Waals surface area (Å²) in [5.41, 5.74) is 4.65. The summed E-state index contributed by atoms with van der Waals surface area (Å²) in [5.74, 6) is 1.94. The quantitative estimate of drug-likeness (QED) is 0.877. The highest BCUT2D eigenvalue weighted by Gasteiger charge is 2.13. The molecule has 0 aliphatic heterocycles. The number of nitrogens with one attached hydrogen (secondary N) is 1. The zero-order chi connectivity index (χ0) is 16.1. The van der Waals surface area contributed by atoms with Crippen molar-refractivity contribution in [3.8, 4) is 17.2 Å². The monoisotopic (exact) mass is 301 g/mol. The van der Waals surface area contributed by atoms with Crippen LogP contribution in [0.5, 0.6) is 17.2 Å². The minimum atomic E-state index is 0.611. The minimum Gasteiger partial charge on any atom is -0.493 e. The van der Waals surface area contributed by atoms with Gasteiger partial charge in [0.15, 0.2) is 11.5 Å². The topological polar surface area (TPSA) is 39.7 Å². The van der Waals surface area contributed by atoms with E-state index in [9.17, 15) is 0 Å². The van der Waals surface area contributed by atoms with Gasteiger partial charge in [0.05, 0.1) is 21.3 Å². The summed E-state index contributed by atoms with van der Waals surface area (Å²) < 4.78 is 16.1. The molecule has 0 saturated heterocycles. The van der Waals surface area contributed by atoms with E-state index in [1.54, 1.807) is 21.3 Å². The van der Waals surface area contributed by atoms with E-state index in [0.29, 0.717) is 23.8 Å². The SMILES string of the molecule is COc1cc(CNc2cc(C)cc(C)c2)cc(OC)c1OC. The van der Waals surface area contributed by atoms with Crippen molar-refractivity contribution < 1.29 is 14.2 Å². The first kappa shape index (κ1) is 16.0. The summed E-state index contributed by atoms with van der Waals surface area (Å²) in [5, 5.41) is 3.43. The molecule has 0 aliphatic carbocycles. The van der Waals surface area contributed by atoms with Crippen molar-refractivity contribution in [2.75, 3.05) is 26.6 Å². The molecule has 2 rings (SSSR count). The van der Waals surface area contributed by atoms with E-state index in [0.717, 1.165) is 11.3 Å². The second-order valence-corrected chi connectivity index (χ2v) is 5.26. The van der Waals surface area contributed by atoms with Gasteiger partial charge in [0.2, 0.25) is 5.75 Å². The molecule has 0 heterocycles. The van der Waals surface area contributed by atoms with Crippen LogP contribution in [0.1, 0.15) is 16.7 Å². The van der Waals surface area contributed by atoms with E-state index in [2.05, 4.69) is 37.4 Å². The number of hydrogen-bond acceptors (Lipinski definition) is 4. The molecule has 0 amide bonds. The predicted molar refractivity (Wildman–Crippen MR) is 89.3 cm³/mol. The molecule has 4 nitrogen and oxygen atoms in total. The fraction of sp³-hybridized carbons (Fsp3) is 0.333. The highest BCUT2D eigenvalue weighted by Crippen LogP contribution is 2.38. The van der Waals surface area contributed by atoms with Crippen LogP contribution in [0.3, 0.4) is 0 Å². The van der Waals surface area contributed by atoms with Gasteiger partial charge in [-0.15, -0.1) is 0 Å². The predicted octanol–water partition coefficient (Wildman–Crippen LogP) is 3.94. The standard InChI is InChI=1S/C18H23NO3/c1-12-6-13(2)8-15(7-12)19-11-14-9-16(20-3)18(22-5)17(10-14)21-4/h6-10,19H,11H2,1-5H3. The van der Waals surface area contributed by atoms with Gasteiger partial charge in [-0.2, -0.15) is 0 Å². The van der Waals surface area contributed by atoms with Gasteiger partial charge in [0, 0.05) is 12.2 Å². The van der Waals surface area contributed by atoms with E-state index in [4.69, 9.17) is 14.2 Å². The molecule has 2 aromatic rings. The number of aryl methyl sites for hydroxylation is 2. The first-order chi connectivity index (χ1) is 10.6. The molecule has 0 aromatic heterocycles. The Kier molecular flexibility index (Phi) is 5.15. The highest BCUT2D eigenvalue weighted by atomic mass is 16.5. The van der Waals surface area contributed by atoms with Crippen molar-refractivity contribution in [2.45, 2.75) is 20.4 Å². The second-order valence-electron chi connectivity index (χ2n) is 5.26. The number of rotatable bonds is 6. The van der Waals surface area contributed by atoms with E-state index < -0.39 is 0 Å². The fourth-order valence-electron chi connectivity index (χ4n) is 2.52. The van der Waals surface area contributed by atoms with Crippen molar-refractivity contribution in [3.05, 3.63) is 47.0 Å². The molecule has 0 aliphatic rings. The Labute approximate surface area is 132 Å². The molecule has 0 spiro atoms. The smallest absolute Gasteiger partial charge is 0.203 e. The lowest BCUT2D eigenvalue weighted by molar-refractivity contribution is 0.324. The average Bonchev–Trinajstić information content (AvgIpc) is 2.50. The lowest BCUT2D eigenvalue weighted by Gasteiger charge is -2.15. The van der Waals surface area contributed by atoms with Crippen molar-refractivity contribution in [3.63, 3.8) is 0 Å². The third-order valence-corrected chi connectivity index (χ3v) is 3.44. The van der Waals surface area contributed by atoms with Crippen LogP contribution in [0.25, 0.3) is 0 Å². The van der Waals surface area contributed by atoms with E-state index in [1.807, 2.05) is 12.1 Å². The fourth-order valence-corrected chi connectivity index (χ4v) is 2.52. The molecular formula is C18H23NO3. The molecule has 0 fully saturated rings. The molecule has 118 valence electrons. The molecule has 0 bridgehead atoms. The number of hydrogen-bond donors (Lipinski definition) is 1. The molecule has 0 unspecified atom stereocenters. The summed E-state index contributed by atoms with van der Waals surface area (Å²) in [7, 11) is 4.85. The summed E-state index contributed by atoms with van der Waals surface area (Å²) in [6.07, 6.45) is 0. The maximum Gasteiger partial charge on any atom is 0.203 e. The number of methoxy groups -OCH3 is 3. The van der Waals surface area contributed by atoms with Crippen molar-refractivity contribution >= 4 is 5.69 Å². The van der Waals surface area contributed by atoms with Gasteiger partial charge >= 0.3 is 0 Å². The summed E-state index contributed by atoms with van der Waals surface area (Å²) in [4.78, 5) is 0. The maximum atomic E-state index is 5.38. The Morgan fingerprint density at radius 2 is 1.32 bits per heavy atom. The Bertz CT molecular complexity index is 608. The van der Waals surface area contributed by atoms with Gasteiger partial charge in [0.25, 0.3) is 0 Å². The van der Waals surface area contributed by atoms with Gasteiger partial charge in [-0.25, -0.2) is 0 Å². The molecule has 0 saturated carbocycles. The maximum absolute atomic E-state index is 5.38. The Balaban J connectivity index is 2.22. The van der Waals surface area contributed by atoms with Crippen LogP contribution in [-0.2, 0) is 6.54 Å². The van der Waals surface area contributed by atoms with Crippen LogP contribution < -0.4 is 19.5 Å². The zero-order valence-corrected chi connectivity index (χ0v) is 13.8. The Morgan fingerprint density at radius 3 is 1.77 bits per heavy atom. The number of benzene rings is 2. The van der Waals surface area contributed by atoms with Crippen LogP contribution in [-0.4, -0.2) is 21.3 Å². The minimum absolute atomic E-state index is 0.611. The summed E-state index contributed by atoms with van der Waals surface area (Å²) in [6.45, 7) is 4.87. The van der Waals surface area contributed by atoms with Crippen LogP contribution in [0.4, 0.5) is 5.69 Å². The Morgan fingerprint density at radius 1 is 0.773 bits per heavy atom. The number of ether oxygens (including phenoxy) is 3. The average molecular weight is 301 g/mol. The highest BCUT2D eigenvalue weighted by molar-refractivity contribution is 5.55. The first-order valence-corrected chi connectivity index (χ1v) is 7.18. The molecule has 2 aromatic carbocycles. The van der Waals surface area contributed by atoms with Crippen molar-refractivity contribution in [2.24, 2.45) is 0 Å². The van der Waals surface area contributed by atoms with Gasteiger partial charge in [-0.3, -0.25) is 0 Å². The molecular weight excluding hydrogens is 278 g/mol. The van der Waals surface area contributed by atoms with Crippen LogP contribution in [0.2, 0.25) is 0 Å². The number of anilines is 1. The zero-order valence-electron chi connectivity index (χ0n) is 13.8.